The Hall–Kier alpha value is -7.76. The van der Waals surface area contributed by atoms with Crippen molar-refractivity contribution in [1.82, 2.24) is 0 Å². The lowest BCUT2D eigenvalue weighted by Crippen LogP contribution is -2.61. The molecule has 0 fully saturated rings. The van der Waals surface area contributed by atoms with Crippen LogP contribution in [0.1, 0.15) is 132 Å². The summed E-state index contributed by atoms with van der Waals surface area (Å²) >= 11 is 0. The summed E-state index contributed by atoms with van der Waals surface area (Å²) in [6.07, 6.45) is 0. The van der Waals surface area contributed by atoms with Crippen LogP contribution in [-0.4, -0.2) is 6.85 Å². The summed E-state index contributed by atoms with van der Waals surface area (Å²) in [5, 5.41) is 2.22. The number of benzene rings is 9. The van der Waals surface area contributed by atoms with Crippen molar-refractivity contribution in [3.8, 4) is 22.3 Å². The summed E-state index contributed by atoms with van der Waals surface area (Å²) in [5.41, 5.74) is 24.2. The molecule has 0 atom stereocenters. The normalized spacial score (nSPS) is 13.7. The van der Waals surface area contributed by atoms with Crippen LogP contribution < -0.4 is 25.5 Å². The molecule has 0 spiro atoms. The summed E-state index contributed by atoms with van der Waals surface area (Å²) in [7, 11) is 0. The molecule has 9 aromatic carbocycles. The largest absolute Gasteiger partial charge is 0.454 e. The van der Waals surface area contributed by atoms with Crippen LogP contribution in [0, 0.1) is 0 Å². The van der Waals surface area contributed by atoms with Crippen LogP contribution >= 0.6 is 0 Å². The molecule has 1 aromatic heterocycles. The zero-order valence-corrected chi connectivity index (χ0v) is 49.2. The van der Waals surface area contributed by atoms with Gasteiger partial charge in [0.25, 0.3) is 0 Å². The van der Waals surface area contributed by atoms with Crippen LogP contribution in [0.2, 0.25) is 0 Å². The van der Waals surface area contributed by atoms with Crippen molar-refractivity contribution < 1.29 is 4.42 Å². The Morgan fingerprint density at radius 2 is 0.886 bits per heavy atom. The van der Waals surface area contributed by atoms with Crippen molar-refractivity contribution in [3.05, 3.63) is 216 Å². The summed E-state index contributed by atoms with van der Waals surface area (Å²) in [5.74, 6) is 0. The molecule has 12 rings (SSSR count). The Bertz CT molecular complexity index is 3910. The molecular formula is C74H76BN3O. The zero-order valence-electron chi connectivity index (χ0n) is 49.2. The fraction of sp³-hybridized carbons (Fsp3) is 0.270. The van der Waals surface area contributed by atoms with Gasteiger partial charge in [-0.15, -0.1) is 0 Å². The average Bonchev–Trinajstić information content (AvgIpc) is 2.90. The smallest absolute Gasteiger partial charge is 0.333 e. The van der Waals surface area contributed by atoms with E-state index in [2.05, 4.69) is 307 Å². The molecule has 396 valence electrons. The molecular weight excluding hydrogens is 958 g/mol. The molecule has 79 heavy (non-hydrogen) atoms. The van der Waals surface area contributed by atoms with E-state index in [1.165, 1.54) is 61.0 Å². The maximum Gasteiger partial charge on any atom is 0.333 e. The maximum atomic E-state index is 7.26. The SMILES string of the molecule is CC(C)(C)c1ccc(N2B3c4ccc5c(oc6ccccc65)c4N(c4ccc(C(C)(C)C)cc4-c4ccccc4)c4cc(C(C)(C)C)cc(c43)-c3cc(N(c4ccc(C(C)(C)C)cc4)c4ccc(C(C)(C)C)cc4)ccc32)cc1. The first-order chi connectivity index (χ1) is 37.3. The van der Waals surface area contributed by atoms with E-state index in [0.717, 1.165) is 67.4 Å². The van der Waals surface area contributed by atoms with Gasteiger partial charge in [0, 0.05) is 56.0 Å². The fourth-order valence-electron chi connectivity index (χ4n) is 12.2. The van der Waals surface area contributed by atoms with Gasteiger partial charge < -0.3 is 19.0 Å². The molecule has 0 aliphatic carbocycles. The van der Waals surface area contributed by atoms with Gasteiger partial charge in [0.2, 0.25) is 0 Å². The van der Waals surface area contributed by atoms with Crippen molar-refractivity contribution in [2.45, 2.75) is 131 Å². The number of fused-ring (bicyclic) bond motifs is 8. The number of hydrogen-bond acceptors (Lipinski definition) is 4. The minimum atomic E-state index is -0.221. The summed E-state index contributed by atoms with van der Waals surface area (Å²) < 4.78 is 7.26. The summed E-state index contributed by atoms with van der Waals surface area (Å²) in [6, 6.07) is 71.6. The second kappa shape index (κ2) is 18.4. The minimum absolute atomic E-state index is 0.0141. The van der Waals surface area contributed by atoms with Gasteiger partial charge in [0.15, 0.2) is 5.58 Å². The third kappa shape index (κ3) is 9.04. The molecule has 0 saturated carbocycles. The van der Waals surface area contributed by atoms with Crippen LogP contribution in [-0.2, 0) is 27.1 Å². The summed E-state index contributed by atoms with van der Waals surface area (Å²) in [6.45, 7) is 34.5. The monoisotopic (exact) mass is 1030 g/mol. The number of furan rings is 1. The molecule has 5 heteroatoms. The Labute approximate surface area is 470 Å². The number of nitrogens with zero attached hydrogens (tertiary/aromatic N) is 3. The number of rotatable bonds is 6. The molecule has 0 unspecified atom stereocenters. The van der Waals surface area contributed by atoms with Crippen LogP contribution in [0.5, 0.6) is 0 Å². The third-order valence-electron chi connectivity index (χ3n) is 16.8. The van der Waals surface area contributed by atoms with E-state index in [4.69, 9.17) is 4.42 Å². The number of hydrogen-bond donors (Lipinski definition) is 0. The maximum absolute atomic E-state index is 7.26. The first-order valence-electron chi connectivity index (χ1n) is 28.5. The molecule has 0 radical (unpaired) electrons. The molecule has 10 aromatic rings. The van der Waals surface area contributed by atoms with Crippen LogP contribution in [0.25, 0.3) is 44.2 Å². The van der Waals surface area contributed by atoms with E-state index in [0.29, 0.717) is 0 Å². The lowest BCUT2D eigenvalue weighted by atomic mass is 9.43. The second-order valence-corrected chi connectivity index (χ2v) is 27.6. The molecule has 2 aliphatic heterocycles. The van der Waals surface area contributed by atoms with Crippen LogP contribution in [0.4, 0.5) is 45.5 Å². The number of anilines is 8. The predicted octanol–water partition coefficient (Wildman–Crippen LogP) is 19.9. The molecule has 3 heterocycles. The highest BCUT2D eigenvalue weighted by Crippen LogP contribution is 2.53. The highest BCUT2D eigenvalue weighted by atomic mass is 16.3. The van der Waals surface area contributed by atoms with Crippen molar-refractivity contribution in [3.63, 3.8) is 0 Å². The molecule has 0 bridgehead atoms. The first-order valence-corrected chi connectivity index (χ1v) is 28.5. The van der Waals surface area contributed by atoms with Gasteiger partial charge in [0.05, 0.1) is 11.4 Å². The standard InChI is InChI=1S/C74H76BN3O/c1-70(2,3)48-25-32-53(33-26-48)76(54-34-27-49(28-35-54)71(4,5)6)56-38-42-64-60(46-56)61-44-52(74(13,14)15)45-65-67(61)75(78(64)55-36-29-50(30-37-55)72(7,8)9)62-40-39-58-57-23-19-20-24-66(57)79-69(58)68(62)77(65)63-41-31-51(73(10,11)12)43-59(63)47-21-17-16-18-22-47/h16-46H,1-15H3. The van der Waals surface area contributed by atoms with Gasteiger partial charge in [-0.1, -0.05) is 213 Å². The van der Waals surface area contributed by atoms with Gasteiger partial charge in [-0.2, -0.15) is 0 Å². The fourth-order valence-corrected chi connectivity index (χ4v) is 12.2. The Morgan fingerprint density at radius 1 is 0.380 bits per heavy atom. The Kier molecular flexibility index (Phi) is 12.1. The first kappa shape index (κ1) is 52.0. The Morgan fingerprint density at radius 3 is 1.47 bits per heavy atom. The van der Waals surface area contributed by atoms with E-state index < -0.39 is 0 Å². The minimum Gasteiger partial charge on any atom is -0.454 e. The van der Waals surface area contributed by atoms with Crippen LogP contribution in [0.3, 0.4) is 0 Å². The van der Waals surface area contributed by atoms with Gasteiger partial charge >= 0.3 is 6.85 Å². The molecule has 0 amide bonds. The number of para-hydroxylation sites is 1. The molecule has 2 aliphatic rings. The molecule has 4 nitrogen and oxygen atoms in total. The highest BCUT2D eigenvalue weighted by Gasteiger charge is 2.47. The lowest BCUT2D eigenvalue weighted by molar-refractivity contribution is 0.590. The predicted molar refractivity (Wildman–Crippen MR) is 341 cm³/mol. The van der Waals surface area contributed by atoms with E-state index in [1.807, 2.05) is 0 Å². The van der Waals surface area contributed by atoms with E-state index in [9.17, 15) is 0 Å². The summed E-state index contributed by atoms with van der Waals surface area (Å²) in [4.78, 5) is 7.69. The Balaban J connectivity index is 1.20. The van der Waals surface area contributed by atoms with Crippen molar-refractivity contribution in [2.75, 3.05) is 14.6 Å². The van der Waals surface area contributed by atoms with Crippen molar-refractivity contribution in [1.29, 1.82) is 0 Å². The quantitative estimate of drug-likeness (QED) is 0.155. The van der Waals surface area contributed by atoms with E-state index in [1.54, 1.807) is 0 Å². The van der Waals surface area contributed by atoms with E-state index in [-0.39, 0.29) is 33.9 Å². The molecule has 0 N–H and O–H groups in total. The third-order valence-corrected chi connectivity index (χ3v) is 16.8. The lowest BCUT2D eigenvalue weighted by Gasteiger charge is -2.47. The van der Waals surface area contributed by atoms with Gasteiger partial charge in [-0.05, 0) is 156 Å². The van der Waals surface area contributed by atoms with Crippen molar-refractivity contribution >= 4 is 85.2 Å². The van der Waals surface area contributed by atoms with Gasteiger partial charge in [-0.3, -0.25) is 0 Å². The topological polar surface area (TPSA) is 22.9 Å². The molecule has 0 saturated heterocycles. The van der Waals surface area contributed by atoms with Crippen molar-refractivity contribution in [2.24, 2.45) is 0 Å². The second-order valence-electron chi connectivity index (χ2n) is 27.6. The van der Waals surface area contributed by atoms with Gasteiger partial charge in [0.1, 0.15) is 5.58 Å². The van der Waals surface area contributed by atoms with E-state index >= 15 is 0 Å². The highest BCUT2D eigenvalue weighted by molar-refractivity contribution is 6.94. The average molecular weight is 1030 g/mol. The van der Waals surface area contributed by atoms with Crippen LogP contribution in [0.15, 0.2) is 192 Å². The zero-order chi connectivity index (χ0) is 55.7. The van der Waals surface area contributed by atoms with Gasteiger partial charge in [-0.25, -0.2) is 0 Å².